The number of ether oxygens (including phenoxy) is 1. The van der Waals surface area contributed by atoms with Crippen LogP contribution in [0.5, 0.6) is 5.75 Å². The standard InChI is InChI=1S/C22H26N4O.HI/c1-3-23-22(25-15-18-10-6-8-12-21(18)27-4-2)26-16-20-19-11-7-5-9-17(19)13-14-24-20;/h5-14H,3-4,15-16H2,1-2H3,(H2,23,25,26);1H. The molecular weight excluding hydrogens is 463 g/mol. The van der Waals surface area contributed by atoms with Gasteiger partial charge in [-0.05, 0) is 31.4 Å². The Bertz CT molecular complexity index is 908. The Hall–Kier alpha value is -2.35. The zero-order valence-corrected chi connectivity index (χ0v) is 18.6. The molecule has 5 nitrogen and oxygen atoms in total. The molecule has 2 N–H and O–H groups in total. The summed E-state index contributed by atoms with van der Waals surface area (Å²) in [4.78, 5) is 9.24. The zero-order valence-electron chi connectivity index (χ0n) is 16.3. The van der Waals surface area contributed by atoms with Gasteiger partial charge in [0.25, 0.3) is 0 Å². The molecule has 0 aliphatic rings. The third kappa shape index (κ3) is 5.82. The Morgan fingerprint density at radius 3 is 2.61 bits per heavy atom. The number of aliphatic imine (C=N–C) groups is 1. The predicted molar refractivity (Wildman–Crippen MR) is 126 cm³/mol. The largest absolute Gasteiger partial charge is 0.494 e. The van der Waals surface area contributed by atoms with Crippen molar-refractivity contribution in [2.45, 2.75) is 26.9 Å². The minimum atomic E-state index is 0. The van der Waals surface area contributed by atoms with Crippen molar-refractivity contribution >= 4 is 40.7 Å². The minimum absolute atomic E-state index is 0. The first kappa shape index (κ1) is 21.9. The number of hydrogen-bond donors (Lipinski definition) is 2. The van der Waals surface area contributed by atoms with Crippen molar-refractivity contribution in [1.29, 1.82) is 0 Å². The van der Waals surface area contributed by atoms with E-state index in [4.69, 9.17) is 9.73 Å². The van der Waals surface area contributed by atoms with Crippen LogP contribution >= 0.6 is 24.0 Å². The van der Waals surface area contributed by atoms with Crippen molar-refractivity contribution < 1.29 is 4.74 Å². The molecule has 0 amide bonds. The molecule has 0 radical (unpaired) electrons. The fraction of sp³-hybridized carbons (Fsp3) is 0.273. The molecule has 28 heavy (non-hydrogen) atoms. The maximum absolute atomic E-state index is 5.69. The summed E-state index contributed by atoms with van der Waals surface area (Å²) in [5.41, 5.74) is 2.08. The number of halogens is 1. The molecule has 0 saturated heterocycles. The highest BCUT2D eigenvalue weighted by Crippen LogP contribution is 2.19. The summed E-state index contributed by atoms with van der Waals surface area (Å²) < 4.78 is 5.69. The smallest absolute Gasteiger partial charge is 0.191 e. The SMILES string of the molecule is CCNC(=NCc1ccccc1OCC)NCc1nccc2ccccc12.I. The molecule has 3 aromatic rings. The number of aromatic nitrogens is 1. The summed E-state index contributed by atoms with van der Waals surface area (Å²) in [5.74, 6) is 1.65. The number of benzene rings is 2. The normalized spacial score (nSPS) is 11.0. The van der Waals surface area contributed by atoms with Gasteiger partial charge in [0.1, 0.15) is 5.75 Å². The molecule has 0 spiro atoms. The van der Waals surface area contributed by atoms with Gasteiger partial charge in [-0.1, -0.05) is 42.5 Å². The van der Waals surface area contributed by atoms with Crippen LogP contribution in [0, 0.1) is 0 Å². The van der Waals surface area contributed by atoms with E-state index in [2.05, 4.69) is 34.7 Å². The summed E-state index contributed by atoms with van der Waals surface area (Å²) in [6, 6.07) is 18.3. The van der Waals surface area contributed by atoms with E-state index in [0.29, 0.717) is 19.7 Å². The van der Waals surface area contributed by atoms with E-state index < -0.39 is 0 Å². The van der Waals surface area contributed by atoms with Crippen molar-refractivity contribution in [3.05, 3.63) is 72.1 Å². The Kier molecular flexibility index (Phi) is 9.00. The number of fused-ring (bicyclic) bond motifs is 1. The molecule has 0 bridgehead atoms. The van der Waals surface area contributed by atoms with Gasteiger partial charge in [0.15, 0.2) is 5.96 Å². The van der Waals surface area contributed by atoms with Gasteiger partial charge >= 0.3 is 0 Å². The van der Waals surface area contributed by atoms with Crippen molar-refractivity contribution in [3.8, 4) is 5.75 Å². The molecule has 0 atom stereocenters. The topological polar surface area (TPSA) is 58.5 Å². The van der Waals surface area contributed by atoms with Crippen LogP contribution < -0.4 is 15.4 Å². The Morgan fingerprint density at radius 1 is 1.00 bits per heavy atom. The van der Waals surface area contributed by atoms with Gasteiger partial charge in [-0.25, -0.2) is 4.99 Å². The average Bonchev–Trinajstić information content (AvgIpc) is 2.71. The number of hydrogen-bond acceptors (Lipinski definition) is 3. The number of nitrogens with one attached hydrogen (secondary N) is 2. The number of pyridine rings is 1. The molecule has 2 aromatic carbocycles. The van der Waals surface area contributed by atoms with Crippen molar-refractivity contribution in [2.75, 3.05) is 13.2 Å². The molecule has 148 valence electrons. The molecule has 0 saturated carbocycles. The van der Waals surface area contributed by atoms with Crippen LogP contribution in [-0.2, 0) is 13.1 Å². The molecule has 3 rings (SSSR count). The van der Waals surface area contributed by atoms with E-state index >= 15 is 0 Å². The van der Waals surface area contributed by atoms with Crippen LogP contribution in [0.15, 0.2) is 65.8 Å². The van der Waals surface area contributed by atoms with Gasteiger partial charge in [-0.2, -0.15) is 0 Å². The molecule has 6 heteroatoms. The fourth-order valence-corrected chi connectivity index (χ4v) is 2.93. The summed E-state index contributed by atoms with van der Waals surface area (Å²) in [6.07, 6.45) is 1.85. The third-order valence-electron chi connectivity index (χ3n) is 4.20. The third-order valence-corrected chi connectivity index (χ3v) is 4.20. The Morgan fingerprint density at radius 2 is 1.79 bits per heavy atom. The molecule has 0 aliphatic carbocycles. The van der Waals surface area contributed by atoms with Crippen LogP contribution in [0.2, 0.25) is 0 Å². The number of guanidine groups is 1. The lowest BCUT2D eigenvalue weighted by Crippen LogP contribution is -2.37. The van der Waals surface area contributed by atoms with E-state index in [1.54, 1.807) is 0 Å². The summed E-state index contributed by atoms with van der Waals surface area (Å²) >= 11 is 0. The first-order valence-electron chi connectivity index (χ1n) is 9.37. The lowest BCUT2D eigenvalue weighted by Gasteiger charge is -2.13. The first-order chi connectivity index (χ1) is 13.3. The van der Waals surface area contributed by atoms with Crippen LogP contribution in [0.3, 0.4) is 0 Å². The lowest BCUT2D eigenvalue weighted by atomic mass is 10.1. The highest BCUT2D eigenvalue weighted by molar-refractivity contribution is 14.0. The van der Waals surface area contributed by atoms with E-state index in [0.717, 1.165) is 34.9 Å². The average molecular weight is 490 g/mol. The van der Waals surface area contributed by atoms with Crippen molar-refractivity contribution in [1.82, 2.24) is 15.6 Å². The number of nitrogens with zero attached hydrogens (tertiary/aromatic N) is 2. The predicted octanol–water partition coefficient (Wildman–Crippen LogP) is 4.51. The quantitative estimate of drug-likeness (QED) is 0.291. The van der Waals surface area contributed by atoms with Gasteiger partial charge in [-0.15, -0.1) is 24.0 Å². The van der Waals surface area contributed by atoms with Gasteiger partial charge in [0.2, 0.25) is 0 Å². The Balaban J connectivity index is 0.00000280. The zero-order chi connectivity index (χ0) is 18.9. The van der Waals surface area contributed by atoms with Gasteiger partial charge < -0.3 is 15.4 Å². The molecule has 1 heterocycles. The monoisotopic (exact) mass is 490 g/mol. The summed E-state index contributed by atoms with van der Waals surface area (Å²) in [7, 11) is 0. The molecule has 0 fully saturated rings. The Labute approximate surface area is 183 Å². The van der Waals surface area contributed by atoms with E-state index in [1.165, 1.54) is 5.39 Å². The van der Waals surface area contributed by atoms with Crippen LogP contribution in [-0.4, -0.2) is 24.1 Å². The van der Waals surface area contributed by atoms with E-state index in [9.17, 15) is 0 Å². The van der Waals surface area contributed by atoms with Gasteiger partial charge in [0, 0.05) is 23.7 Å². The first-order valence-corrected chi connectivity index (χ1v) is 9.37. The highest BCUT2D eigenvalue weighted by Gasteiger charge is 2.05. The minimum Gasteiger partial charge on any atom is -0.494 e. The second kappa shape index (κ2) is 11.5. The van der Waals surface area contributed by atoms with Crippen molar-refractivity contribution in [3.63, 3.8) is 0 Å². The summed E-state index contributed by atoms with van der Waals surface area (Å²) in [5, 5.41) is 9.03. The molecular formula is C22H27IN4O. The number of rotatable bonds is 7. The molecule has 0 aliphatic heterocycles. The second-order valence-electron chi connectivity index (χ2n) is 6.07. The lowest BCUT2D eigenvalue weighted by molar-refractivity contribution is 0.336. The number of para-hydroxylation sites is 1. The summed E-state index contributed by atoms with van der Waals surface area (Å²) in [6.45, 7) is 6.65. The van der Waals surface area contributed by atoms with Crippen molar-refractivity contribution in [2.24, 2.45) is 4.99 Å². The maximum atomic E-state index is 5.69. The van der Waals surface area contributed by atoms with Gasteiger partial charge in [0.05, 0.1) is 25.4 Å². The van der Waals surface area contributed by atoms with Gasteiger partial charge in [-0.3, -0.25) is 4.98 Å². The molecule has 1 aromatic heterocycles. The second-order valence-corrected chi connectivity index (χ2v) is 6.07. The van der Waals surface area contributed by atoms with Crippen LogP contribution in [0.25, 0.3) is 10.8 Å². The maximum Gasteiger partial charge on any atom is 0.191 e. The molecule has 0 unspecified atom stereocenters. The van der Waals surface area contributed by atoms with Crippen LogP contribution in [0.4, 0.5) is 0 Å². The fourth-order valence-electron chi connectivity index (χ4n) is 2.93. The van der Waals surface area contributed by atoms with Crippen LogP contribution in [0.1, 0.15) is 25.1 Å². The van der Waals surface area contributed by atoms with E-state index in [-0.39, 0.29) is 24.0 Å². The van der Waals surface area contributed by atoms with E-state index in [1.807, 2.05) is 55.6 Å². The highest BCUT2D eigenvalue weighted by atomic mass is 127.